The first-order chi connectivity index (χ1) is 6.79. The highest BCUT2D eigenvalue weighted by molar-refractivity contribution is 5.15. The van der Waals surface area contributed by atoms with Gasteiger partial charge in [-0.25, -0.2) is 0 Å². The van der Waals surface area contributed by atoms with E-state index in [0.717, 1.165) is 5.69 Å². The predicted molar refractivity (Wildman–Crippen MR) is 49.1 cm³/mol. The molecule has 6 nitrogen and oxygen atoms in total. The van der Waals surface area contributed by atoms with Gasteiger partial charge in [0.05, 0.1) is 29.8 Å². The monoisotopic (exact) mass is 190 g/mol. The average molecular weight is 190 g/mol. The van der Waals surface area contributed by atoms with Gasteiger partial charge in [-0.1, -0.05) is 5.21 Å². The van der Waals surface area contributed by atoms with Gasteiger partial charge in [0.15, 0.2) is 0 Å². The molecule has 0 aromatic carbocycles. The van der Waals surface area contributed by atoms with Gasteiger partial charge < -0.3 is 5.73 Å². The summed E-state index contributed by atoms with van der Waals surface area (Å²) in [4.78, 5) is 8.07. The zero-order valence-corrected chi connectivity index (χ0v) is 7.70. The lowest BCUT2D eigenvalue weighted by Gasteiger charge is -2.09. The molecule has 0 aliphatic rings. The van der Waals surface area contributed by atoms with E-state index in [1.807, 2.05) is 0 Å². The highest BCUT2D eigenvalue weighted by Crippen LogP contribution is 2.13. The summed E-state index contributed by atoms with van der Waals surface area (Å²) in [7, 11) is 1.79. The maximum atomic E-state index is 5.96. The molecule has 0 radical (unpaired) electrons. The first-order valence-electron chi connectivity index (χ1n) is 4.15. The molecule has 2 rings (SSSR count). The Labute approximate surface area is 80.8 Å². The van der Waals surface area contributed by atoms with E-state index in [4.69, 9.17) is 5.73 Å². The number of aryl methyl sites for hydroxylation is 1. The number of rotatable bonds is 2. The topological polar surface area (TPSA) is 82.5 Å². The van der Waals surface area contributed by atoms with Crippen molar-refractivity contribution in [1.82, 2.24) is 25.0 Å². The maximum Gasteiger partial charge on any atom is 0.0929 e. The fourth-order valence-corrected chi connectivity index (χ4v) is 1.20. The minimum absolute atomic E-state index is 0.330. The van der Waals surface area contributed by atoms with E-state index in [9.17, 15) is 0 Å². The molecule has 0 bridgehead atoms. The molecule has 0 fully saturated rings. The van der Waals surface area contributed by atoms with Crippen molar-refractivity contribution in [3.05, 3.63) is 36.2 Å². The zero-order chi connectivity index (χ0) is 9.97. The van der Waals surface area contributed by atoms with Crippen molar-refractivity contribution >= 4 is 0 Å². The van der Waals surface area contributed by atoms with E-state index in [-0.39, 0.29) is 6.04 Å². The van der Waals surface area contributed by atoms with Gasteiger partial charge in [-0.05, 0) is 0 Å². The third-order valence-corrected chi connectivity index (χ3v) is 1.97. The molecule has 14 heavy (non-hydrogen) atoms. The lowest BCUT2D eigenvalue weighted by molar-refractivity contribution is 0.643. The average Bonchev–Trinajstić information content (AvgIpc) is 2.65. The van der Waals surface area contributed by atoms with Crippen LogP contribution < -0.4 is 5.73 Å². The lowest BCUT2D eigenvalue weighted by atomic mass is 10.2. The van der Waals surface area contributed by atoms with Crippen LogP contribution in [-0.4, -0.2) is 25.0 Å². The summed E-state index contributed by atoms with van der Waals surface area (Å²) in [5.74, 6) is 0. The van der Waals surface area contributed by atoms with Crippen LogP contribution >= 0.6 is 0 Å². The van der Waals surface area contributed by atoms with Crippen molar-refractivity contribution < 1.29 is 0 Å². The Morgan fingerprint density at radius 1 is 1.36 bits per heavy atom. The van der Waals surface area contributed by atoms with Crippen LogP contribution in [0.15, 0.2) is 24.8 Å². The molecule has 72 valence electrons. The van der Waals surface area contributed by atoms with Gasteiger partial charge in [-0.3, -0.25) is 14.6 Å². The summed E-state index contributed by atoms with van der Waals surface area (Å²) in [5.41, 5.74) is 7.48. The van der Waals surface area contributed by atoms with Crippen LogP contribution in [0.4, 0.5) is 0 Å². The normalized spacial score (nSPS) is 12.7. The molecule has 0 saturated heterocycles. The van der Waals surface area contributed by atoms with E-state index in [1.165, 1.54) is 0 Å². The number of aromatic nitrogens is 5. The molecule has 1 atom stereocenters. The standard InChI is InChI=1S/C8H10N6/c1-14-7(5-12-13-14)8(9)6-4-10-2-3-11-6/h2-5,8H,9H2,1H3. The van der Waals surface area contributed by atoms with Gasteiger partial charge in [0.25, 0.3) is 0 Å². The van der Waals surface area contributed by atoms with Crippen molar-refractivity contribution in [3.8, 4) is 0 Å². The Kier molecular flexibility index (Phi) is 2.19. The second-order valence-electron chi connectivity index (χ2n) is 2.89. The Bertz CT molecular complexity index is 409. The highest BCUT2D eigenvalue weighted by atomic mass is 15.4. The molecule has 0 amide bonds. The van der Waals surface area contributed by atoms with E-state index >= 15 is 0 Å². The van der Waals surface area contributed by atoms with Gasteiger partial charge in [0.1, 0.15) is 0 Å². The summed E-state index contributed by atoms with van der Waals surface area (Å²) >= 11 is 0. The highest BCUT2D eigenvalue weighted by Gasteiger charge is 2.14. The maximum absolute atomic E-state index is 5.96. The second kappa shape index (κ2) is 3.51. The molecular weight excluding hydrogens is 180 g/mol. The summed E-state index contributed by atoms with van der Waals surface area (Å²) in [5, 5.41) is 7.55. The first-order valence-corrected chi connectivity index (χ1v) is 4.15. The molecule has 6 heteroatoms. The van der Waals surface area contributed by atoms with E-state index < -0.39 is 0 Å². The summed E-state index contributed by atoms with van der Waals surface area (Å²) in [6, 6.07) is -0.330. The fourth-order valence-electron chi connectivity index (χ4n) is 1.20. The fraction of sp³-hybridized carbons (Fsp3) is 0.250. The SMILES string of the molecule is Cn1nncc1C(N)c1cnccn1. The van der Waals surface area contributed by atoms with Crippen molar-refractivity contribution in [1.29, 1.82) is 0 Å². The molecule has 0 aliphatic carbocycles. The van der Waals surface area contributed by atoms with Gasteiger partial charge in [-0.2, -0.15) is 0 Å². The Morgan fingerprint density at radius 3 is 2.79 bits per heavy atom. The van der Waals surface area contributed by atoms with Gasteiger partial charge >= 0.3 is 0 Å². The molecular formula is C8H10N6. The minimum Gasteiger partial charge on any atom is -0.318 e. The summed E-state index contributed by atoms with van der Waals surface area (Å²) in [6.07, 6.45) is 6.48. The van der Waals surface area contributed by atoms with Gasteiger partial charge in [0, 0.05) is 19.4 Å². The molecule has 0 aliphatic heterocycles. The molecule has 2 N–H and O–H groups in total. The largest absolute Gasteiger partial charge is 0.318 e. The molecule has 2 aromatic rings. The van der Waals surface area contributed by atoms with Crippen molar-refractivity contribution in [2.75, 3.05) is 0 Å². The number of nitrogens with two attached hydrogens (primary N) is 1. The van der Waals surface area contributed by atoms with Crippen LogP contribution in [-0.2, 0) is 7.05 Å². The third-order valence-electron chi connectivity index (χ3n) is 1.97. The summed E-state index contributed by atoms with van der Waals surface area (Å²) < 4.78 is 1.62. The zero-order valence-electron chi connectivity index (χ0n) is 7.70. The summed E-state index contributed by atoms with van der Waals surface area (Å²) in [6.45, 7) is 0. The number of hydrogen-bond donors (Lipinski definition) is 1. The smallest absolute Gasteiger partial charge is 0.0929 e. The number of nitrogens with zero attached hydrogens (tertiary/aromatic N) is 5. The van der Waals surface area contributed by atoms with E-state index in [2.05, 4.69) is 20.3 Å². The van der Waals surface area contributed by atoms with Crippen LogP contribution in [0.5, 0.6) is 0 Å². The van der Waals surface area contributed by atoms with Gasteiger partial charge in [0.2, 0.25) is 0 Å². The third kappa shape index (κ3) is 1.47. The van der Waals surface area contributed by atoms with Crippen molar-refractivity contribution in [2.45, 2.75) is 6.04 Å². The molecule has 2 aromatic heterocycles. The van der Waals surface area contributed by atoms with Crippen LogP contribution in [0.2, 0.25) is 0 Å². The van der Waals surface area contributed by atoms with Crippen LogP contribution in [0.3, 0.4) is 0 Å². The van der Waals surface area contributed by atoms with Crippen molar-refractivity contribution in [2.24, 2.45) is 12.8 Å². The van der Waals surface area contributed by atoms with Crippen LogP contribution in [0.1, 0.15) is 17.4 Å². The molecule has 2 heterocycles. The molecule has 1 unspecified atom stereocenters. The van der Waals surface area contributed by atoms with Crippen molar-refractivity contribution in [3.63, 3.8) is 0 Å². The lowest BCUT2D eigenvalue weighted by Crippen LogP contribution is -2.17. The Hall–Kier alpha value is -1.82. The van der Waals surface area contributed by atoms with Crippen LogP contribution in [0.25, 0.3) is 0 Å². The second-order valence-corrected chi connectivity index (χ2v) is 2.89. The van der Waals surface area contributed by atoms with E-state index in [0.29, 0.717) is 5.69 Å². The molecule has 0 spiro atoms. The number of hydrogen-bond acceptors (Lipinski definition) is 5. The van der Waals surface area contributed by atoms with Gasteiger partial charge in [-0.15, -0.1) is 5.10 Å². The van der Waals surface area contributed by atoms with E-state index in [1.54, 1.807) is 36.5 Å². The minimum atomic E-state index is -0.330. The van der Waals surface area contributed by atoms with Crippen LogP contribution in [0, 0.1) is 0 Å². The first kappa shape index (κ1) is 8.76. The Balaban J connectivity index is 2.34. The molecule has 0 saturated carbocycles. The Morgan fingerprint density at radius 2 is 2.21 bits per heavy atom. The quantitative estimate of drug-likeness (QED) is 0.700. The predicted octanol–water partition coefficient (Wildman–Crippen LogP) is -0.347.